The molecule has 0 amide bonds. The van der Waals surface area contributed by atoms with E-state index in [0.717, 1.165) is 19.5 Å². The third-order valence-electron chi connectivity index (χ3n) is 3.79. The molecule has 0 spiro atoms. The number of rotatable bonds is 5. The summed E-state index contributed by atoms with van der Waals surface area (Å²) in [5.74, 6) is 0. The van der Waals surface area contributed by atoms with Crippen molar-refractivity contribution in [1.82, 2.24) is 15.1 Å². The van der Waals surface area contributed by atoms with Gasteiger partial charge in [-0.25, -0.2) is 0 Å². The fourth-order valence-corrected chi connectivity index (χ4v) is 2.47. The first kappa shape index (κ1) is 13.5. The number of likely N-dealkylation sites (N-methyl/N-ethyl adjacent to an activating group) is 2. The Hall–Kier alpha value is -0.900. The van der Waals surface area contributed by atoms with Crippen LogP contribution in [0.4, 0.5) is 0 Å². The van der Waals surface area contributed by atoms with Gasteiger partial charge in [-0.15, -0.1) is 0 Å². The van der Waals surface area contributed by atoms with Crippen LogP contribution in [0.1, 0.15) is 5.56 Å². The van der Waals surface area contributed by atoms with Gasteiger partial charge in [0.15, 0.2) is 0 Å². The van der Waals surface area contributed by atoms with Crippen molar-refractivity contribution in [1.29, 1.82) is 0 Å². The van der Waals surface area contributed by atoms with E-state index in [1.807, 2.05) is 0 Å². The number of nitrogens with one attached hydrogen (secondary N) is 1. The van der Waals surface area contributed by atoms with Crippen LogP contribution in [0, 0.1) is 0 Å². The second-order valence-electron chi connectivity index (χ2n) is 5.34. The molecule has 1 aliphatic rings. The van der Waals surface area contributed by atoms with Crippen LogP contribution in [0.3, 0.4) is 0 Å². The Morgan fingerprint density at radius 2 is 1.94 bits per heavy atom. The van der Waals surface area contributed by atoms with Crippen LogP contribution in [0.15, 0.2) is 30.3 Å². The van der Waals surface area contributed by atoms with Crippen molar-refractivity contribution in [2.75, 3.05) is 46.8 Å². The molecule has 100 valence electrons. The lowest BCUT2D eigenvalue weighted by molar-refractivity contribution is 0.113. The summed E-state index contributed by atoms with van der Waals surface area (Å²) in [5, 5.41) is 3.59. The van der Waals surface area contributed by atoms with E-state index in [4.69, 9.17) is 0 Å². The van der Waals surface area contributed by atoms with Crippen molar-refractivity contribution in [3.05, 3.63) is 35.9 Å². The molecule has 1 unspecified atom stereocenters. The molecule has 0 bridgehead atoms. The fraction of sp³-hybridized carbons (Fsp3) is 0.600. The van der Waals surface area contributed by atoms with Gasteiger partial charge in [0.2, 0.25) is 0 Å². The summed E-state index contributed by atoms with van der Waals surface area (Å²) in [4.78, 5) is 4.89. The molecule has 0 saturated carbocycles. The van der Waals surface area contributed by atoms with Gasteiger partial charge in [0.05, 0.1) is 0 Å². The van der Waals surface area contributed by atoms with E-state index in [1.54, 1.807) is 0 Å². The van der Waals surface area contributed by atoms with Crippen LogP contribution in [-0.4, -0.2) is 62.7 Å². The molecule has 18 heavy (non-hydrogen) atoms. The van der Waals surface area contributed by atoms with Gasteiger partial charge in [-0.05, 0) is 32.6 Å². The van der Waals surface area contributed by atoms with Crippen LogP contribution in [-0.2, 0) is 6.42 Å². The summed E-state index contributed by atoms with van der Waals surface area (Å²) in [6.45, 7) is 5.71. The van der Waals surface area contributed by atoms with E-state index < -0.39 is 0 Å². The van der Waals surface area contributed by atoms with Crippen LogP contribution in [0.2, 0.25) is 0 Å². The predicted molar refractivity (Wildman–Crippen MR) is 76.9 cm³/mol. The Kier molecular flexibility index (Phi) is 5.17. The Bertz CT molecular complexity index is 339. The van der Waals surface area contributed by atoms with Gasteiger partial charge in [-0.2, -0.15) is 0 Å². The van der Waals surface area contributed by atoms with Crippen molar-refractivity contribution in [3.8, 4) is 0 Å². The molecule has 1 aliphatic heterocycles. The second kappa shape index (κ2) is 6.88. The standard InChI is InChI=1S/C15H25N3/c1-17-10-11-18(2)15(13-17)12-16-9-8-14-6-4-3-5-7-14/h3-7,15-16H,8-13H2,1-2H3. The summed E-state index contributed by atoms with van der Waals surface area (Å²) in [6, 6.07) is 11.3. The summed E-state index contributed by atoms with van der Waals surface area (Å²) >= 11 is 0. The molecule has 2 rings (SSSR count). The van der Waals surface area contributed by atoms with Gasteiger partial charge in [-0.3, -0.25) is 4.90 Å². The molecule has 1 aromatic carbocycles. The zero-order chi connectivity index (χ0) is 12.8. The van der Waals surface area contributed by atoms with Crippen molar-refractivity contribution in [2.45, 2.75) is 12.5 Å². The van der Waals surface area contributed by atoms with Gasteiger partial charge in [-0.1, -0.05) is 30.3 Å². The molecule has 1 atom stereocenters. The molecular formula is C15H25N3. The minimum atomic E-state index is 0.652. The SMILES string of the molecule is CN1CCN(C)C(CNCCc2ccccc2)C1. The van der Waals surface area contributed by atoms with E-state index in [0.29, 0.717) is 6.04 Å². The number of piperazine rings is 1. The third-order valence-corrected chi connectivity index (χ3v) is 3.79. The first-order valence-corrected chi connectivity index (χ1v) is 6.89. The van der Waals surface area contributed by atoms with Crippen LogP contribution in [0.5, 0.6) is 0 Å². The molecule has 1 fully saturated rings. The predicted octanol–water partition coefficient (Wildman–Crippen LogP) is 1.06. The van der Waals surface area contributed by atoms with Gasteiger partial charge in [0, 0.05) is 32.2 Å². The van der Waals surface area contributed by atoms with Crippen molar-refractivity contribution in [3.63, 3.8) is 0 Å². The molecule has 0 aromatic heterocycles. The van der Waals surface area contributed by atoms with Gasteiger partial charge < -0.3 is 10.2 Å². The number of hydrogen-bond donors (Lipinski definition) is 1. The maximum atomic E-state index is 3.59. The third kappa shape index (κ3) is 4.09. The monoisotopic (exact) mass is 247 g/mol. The Balaban J connectivity index is 1.66. The summed E-state index contributed by atoms with van der Waals surface area (Å²) in [7, 11) is 4.44. The highest BCUT2D eigenvalue weighted by molar-refractivity contribution is 5.14. The van der Waals surface area contributed by atoms with Gasteiger partial charge in [0.1, 0.15) is 0 Å². The highest BCUT2D eigenvalue weighted by Crippen LogP contribution is 2.04. The molecule has 3 nitrogen and oxygen atoms in total. The van der Waals surface area contributed by atoms with Crippen LogP contribution in [0.25, 0.3) is 0 Å². The zero-order valence-corrected chi connectivity index (χ0v) is 11.6. The minimum absolute atomic E-state index is 0.652. The fourth-order valence-electron chi connectivity index (χ4n) is 2.47. The lowest BCUT2D eigenvalue weighted by Crippen LogP contribution is -2.53. The highest BCUT2D eigenvalue weighted by atomic mass is 15.3. The van der Waals surface area contributed by atoms with Crippen LogP contribution >= 0.6 is 0 Å². The van der Waals surface area contributed by atoms with E-state index in [1.165, 1.54) is 25.2 Å². The molecule has 1 saturated heterocycles. The smallest absolute Gasteiger partial charge is 0.0345 e. The summed E-state index contributed by atoms with van der Waals surface area (Å²) < 4.78 is 0. The zero-order valence-electron chi connectivity index (χ0n) is 11.6. The first-order valence-electron chi connectivity index (χ1n) is 6.89. The van der Waals surface area contributed by atoms with Crippen LogP contribution < -0.4 is 5.32 Å². The van der Waals surface area contributed by atoms with Crippen molar-refractivity contribution < 1.29 is 0 Å². The molecule has 1 N–H and O–H groups in total. The summed E-state index contributed by atoms with van der Waals surface area (Å²) in [6.07, 6.45) is 1.12. The Morgan fingerprint density at radius 1 is 1.17 bits per heavy atom. The largest absolute Gasteiger partial charge is 0.315 e. The Morgan fingerprint density at radius 3 is 2.72 bits per heavy atom. The molecular weight excluding hydrogens is 222 g/mol. The first-order chi connectivity index (χ1) is 8.75. The normalized spacial score (nSPS) is 22.2. The minimum Gasteiger partial charge on any atom is -0.315 e. The van der Waals surface area contributed by atoms with Gasteiger partial charge >= 0.3 is 0 Å². The molecule has 0 radical (unpaired) electrons. The lowest BCUT2D eigenvalue weighted by Gasteiger charge is -2.37. The molecule has 1 heterocycles. The van der Waals surface area contributed by atoms with E-state index in [9.17, 15) is 0 Å². The number of hydrogen-bond acceptors (Lipinski definition) is 3. The number of nitrogens with zero attached hydrogens (tertiary/aromatic N) is 2. The average molecular weight is 247 g/mol. The van der Waals surface area contributed by atoms with Gasteiger partial charge in [0.25, 0.3) is 0 Å². The highest BCUT2D eigenvalue weighted by Gasteiger charge is 2.21. The average Bonchev–Trinajstić information content (AvgIpc) is 2.40. The second-order valence-corrected chi connectivity index (χ2v) is 5.34. The maximum absolute atomic E-state index is 3.59. The molecule has 3 heteroatoms. The Labute approximate surface area is 111 Å². The van der Waals surface area contributed by atoms with E-state index in [-0.39, 0.29) is 0 Å². The maximum Gasteiger partial charge on any atom is 0.0345 e. The summed E-state index contributed by atoms with van der Waals surface area (Å²) in [5.41, 5.74) is 1.42. The number of benzene rings is 1. The van der Waals surface area contributed by atoms with Crippen molar-refractivity contribution >= 4 is 0 Å². The van der Waals surface area contributed by atoms with E-state index in [2.05, 4.69) is 59.5 Å². The van der Waals surface area contributed by atoms with E-state index >= 15 is 0 Å². The molecule has 0 aliphatic carbocycles. The lowest BCUT2D eigenvalue weighted by atomic mass is 10.1. The topological polar surface area (TPSA) is 18.5 Å². The quantitative estimate of drug-likeness (QED) is 0.785. The van der Waals surface area contributed by atoms with Crippen molar-refractivity contribution in [2.24, 2.45) is 0 Å². The molecule has 1 aromatic rings.